The first-order valence-electron chi connectivity index (χ1n) is 11.5. The lowest BCUT2D eigenvalue weighted by molar-refractivity contribution is -0.160. The first-order chi connectivity index (χ1) is 16.4. The molecular formula is C27H26N2O5. The molecule has 174 valence electrons. The topological polar surface area (TPSA) is 92.8 Å². The minimum absolute atomic E-state index is 0.0464. The highest BCUT2D eigenvalue weighted by atomic mass is 16.5. The van der Waals surface area contributed by atoms with Crippen LogP contribution in [0.5, 0.6) is 0 Å². The Bertz CT molecular complexity index is 1130. The fourth-order valence-corrected chi connectivity index (χ4v) is 5.42. The fourth-order valence-electron chi connectivity index (χ4n) is 5.42. The number of rotatable bonds is 7. The molecule has 3 amide bonds. The first kappa shape index (κ1) is 22.1. The summed E-state index contributed by atoms with van der Waals surface area (Å²) in [5, 5.41) is 2.68. The number of esters is 1. The van der Waals surface area contributed by atoms with Crippen LogP contribution in [-0.4, -0.2) is 41.2 Å². The van der Waals surface area contributed by atoms with Crippen molar-refractivity contribution in [2.24, 2.45) is 23.7 Å². The third-order valence-corrected chi connectivity index (χ3v) is 7.04. The molecular weight excluding hydrogens is 432 g/mol. The normalized spacial score (nSPS) is 25.4. The highest BCUT2D eigenvalue weighted by Crippen LogP contribution is 2.53. The number of nitrogens with zero attached hydrogens (tertiary/aromatic N) is 1. The van der Waals surface area contributed by atoms with E-state index in [1.165, 1.54) is 0 Å². The number of imide groups is 1. The van der Waals surface area contributed by atoms with E-state index in [9.17, 15) is 19.2 Å². The lowest BCUT2D eigenvalue weighted by atomic mass is 9.85. The number of ether oxygens (including phenoxy) is 1. The molecule has 7 heteroatoms. The second-order valence-corrected chi connectivity index (χ2v) is 9.27. The van der Waals surface area contributed by atoms with Crippen LogP contribution >= 0.6 is 0 Å². The van der Waals surface area contributed by atoms with Crippen molar-refractivity contribution < 1.29 is 23.9 Å². The van der Waals surface area contributed by atoms with Crippen molar-refractivity contribution in [2.75, 3.05) is 11.9 Å². The van der Waals surface area contributed by atoms with E-state index in [1.54, 1.807) is 12.1 Å². The molecule has 0 radical (unpaired) electrons. The van der Waals surface area contributed by atoms with Gasteiger partial charge >= 0.3 is 5.97 Å². The van der Waals surface area contributed by atoms with Crippen LogP contribution in [0.25, 0.3) is 0 Å². The number of likely N-dealkylation sites (tertiary alicyclic amines) is 1. The standard InChI is InChI=1S/C27H26N2O5/c1-16-7-11-20(12-8-16)28-22(30)15-34-27(33)21(13-17-5-3-2-4-6-17)29-25(31)23-18-9-10-19(14-18)24(23)26(29)32/h2-12,18-19,21,23-24H,13-15H2,1H3,(H,28,30)/t18-,19-,21-,23+,24+/m0/s1. The Morgan fingerprint density at radius 1 is 0.971 bits per heavy atom. The van der Waals surface area contributed by atoms with E-state index in [2.05, 4.69) is 5.32 Å². The van der Waals surface area contributed by atoms with Gasteiger partial charge in [-0.15, -0.1) is 0 Å². The summed E-state index contributed by atoms with van der Waals surface area (Å²) in [5.74, 6) is -2.59. The second-order valence-electron chi connectivity index (χ2n) is 9.27. The molecule has 0 aromatic heterocycles. The molecule has 7 nitrogen and oxygen atoms in total. The molecule has 2 fully saturated rings. The van der Waals surface area contributed by atoms with Crippen molar-refractivity contribution in [2.45, 2.75) is 25.8 Å². The van der Waals surface area contributed by atoms with Crippen molar-refractivity contribution in [3.63, 3.8) is 0 Å². The first-order valence-corrected chi connectivity index (χ1v) is 11.5. The Kier molecular flexibility index (Phi) is 5.77. The Morgan fingerprint density at radius 3 is 2.21 bits per heavy atom. The molecule has 2 bridgehead atoms. The largest absolute Gasteiger partial charge is 0.454 e. The molecule has 2 aromatic rings. The zero-order chi connectivity index (χ0) is 23.8. The fraction of sp³-hybridized carbons (Fsp3) is 0.333. The summed E-state index contributed by atoms with van der Waals surface area (Å²) < 4.78 is 5.32. The number of hydrogen-bond donors (Lipinski definition) is 1. The Hall–Kier alpha value is -3.74. The van der Waals surface area contributed by atoms with Gasteiger partial charge in [0.2, 0.25) is 11.8 Å². The van der Waals surface area contributed by atoms with Gasteiger partial charge in [-0.25, -0.2) is 4.79 Å². The van der Waals surface area contributed by atoms with Crippen LogP contribution in [0.15, 0.2) is 66.7 Å². The molecule has 3 aliphatic rings. The summed E-state index contributed by atoms with van der Waals surface area (Å²) in [6, 6.07) is 15.3. The number of carbonyl (C=O) groups excluding carboxylic acids is 4. The number of amides is 3. The summed E-state index contributed by atoms with van der Waals surface area (Å²) >= 11 is 0. The van der Waals surface area contributed by atoms with E-state index < -0.39 is 36.4 Å². The van der Waals surface area contributed by atoms with Gasteiger partial charge in [0.05, 0.1) is 11.8 Å². The molecule has 0 unspecified atom stereocenters. The van der Waals surface area contributed by atoms with Crippen molar-refractivity contribution >= 4 is 29.4 Å². The summed E-state index contributed by atoms with van der Waals surface area (Å²) in [6.45, 7) is 1.44. The second kappa shape index (κ2) is 8.89. The van der Waals surface area contributed by atoms with Crippen LogP contribution in [0, 0.1) is 30.6 Å². The number of aryl methyl sites for hydroxylation is 1. The van der Waals surface area contributed by atoms with Crippen LogP contribution in [0.2, 0.25) is 0 Å². The maximum atomic E-state index is 13.3. The zero-order valence-electron chi connectivity index (χ0n) is 18.8. The van der Waals surface area contributed by atoms with Crippen molar-refractivity contribution in [3.8, 4) is 0 Å². The number of benzene rings is 2. The Balaban J connectivity index is 1.31. The number of carbonyl (C=O) groups is 4. The smallest absolute Gasteiger partial charge is 0.330 e. The molecule has 34 heavy (non-hydrogen) atoms. The number of allylic oxidation sites excluding steroid dienone is 2. The minimum Gasteiger partial charge on any atom is -0.454 e. The van der Waals surface area contributed by atoms with Crippen LogP contribution in [0.3, 0.4) is 0 Å². The van der Waals surface area contributed by atoms with Gasteiger partial charge in [0.15, 0.2) is 6.61 Å². The molecule has 1 heterocycles. The van der Waals surface area contributed by atoms with Gasteiger partial charge in [-0.05, 0) is 42.9 Å². The monoisotopic (exact) mass is 458 g/mol. The van der Waals surface area contributed by atoms with Gasteiger partial charge in [0, 0.05) is 12.1 Å². The van der Waals surface area contributed by atoms with Gasteiger partial charge in [0.25, 0.3) is 5.91 Å². The highest BCUT2D eigenvalue weighted by Gasteiger charge is 2.61. The van der Waals surface area contributed by atoms with E-state index in [1.807, 2.05) is 61.5 Å². The van der Waals surface area contributed by atoms with Gasteiger partial charge < -0.3 is 10.1 Å². The molecule has 5 rings (SSSR count). The summed E-state index contributed by atoms with van der Waals surface area (Å²) in [6.07, 6.45) is 4.98. The van der Waals surface area contributed by atoms with E-state index in [0.717, 1.165) is 22.4 Å². The molecule has 1 N–H and O–H groups in total. The average Bonchev–Trinajstić information content (AvgIpc) is 3.52. The quantitative estimate of drug-likeness (QED) is 0.391. The van der Waals surface area contributed by atoms with Crippen molar-refractivity contribution in [1.82, 2.24) is 4.90 Å². The summed E-state index contributed by atoms with van der Waals surface area (Å²) in [5.41, 5.74) is 2.45. The van der Waals surface area contributed by atoms with E-state index in [0.29, 0.717) is 5.69 Å². The maximum absolute atomic E-state index is 13.3. The minimum atomic E-state index is -1.11. The Labute approximate surface area is 197 Å². The highest BCUT2D eigenvalue weighted by molar-refractivity contribution is 6.09. The van der Waals surface area contributed by atoms with Crippen LogP contribution in [-0.2, 0) is 30.3 Å². The van der Waals surface area contributed by atoms with Gasteiger partial charge in [0.1, 0.15) is 6.04 Å². The molecule has 5 atom stereocenters. The SMILES string of the molecule is Cc1ccc(NC(=O)COC(=O)[C@H](Cc2ccccc2)N2C(=O)[C@H]3[C@H](C2=O)[C@H]2C=C[C@H]3C2)cc1. The van der Waals surface area contributed by atoms with Crippen LogP contribution in [0.4, 0.5) is 5.69 Å². The number of nitrogens with one attached hydrogen (secondary N) is 1. The van der Waals surface area contributed by atoms with Crippen molar-refractivity contribution in [1.29, 1.82) is 0 Å². The van der Waals surface area contributed by atoms with Gasteiger partial charge in [-0.1, -0.05) is 60.2 Å². The summed E-state index contributed by atoms with van der Waals surface area (Å²) in [4.78, 5) is 53.2. The third kappa shape index (κ3) is 4.02. The molecule has 1 aliphatic heterocycles. The van der Waals surface area contributed by atoms with Gasteiger partial charge in [-0.2, -0.15) is 0 Å². The van der Waals surface area contributed by atoms with Gasteiger partial charge in [-0.3, -0.25) is 19.3 Å². The summed E-state index contributed by atoms with van der Waals surface area (Å²) in [7, 11) is 0. The molecule has 0 spiro atoms. The lowest BCUT2D eigenvalue weighted by Crippen LogP contribution is -2.48. The third-order valence-electron chi connectivity index (χ3n) is 7.04. The van der Waals surface area contributed by atoms with Crippen LogP contribution < -0.4 is 5.32 Å². The van der Waals surface area contributed by atoms with E-state index in [-0.39, 0.29) is 30.1 Å². The van der Waals surface area contributed by atoms with E-state index >= 15 is 0 Å². The van der Waals surface area contributed by atoms with Crippen LogP contribution in [0.1, 0.15) is 17.5 Å². The molecule has 2 aliphatic carbocycles. The maximum Gasteiger partial charge on any atom is 0.330 e. The predicted octanol–water partition coefficient (Wildman–Crippen LogP) is 2.90. The number of anilines is 1. The Morgan fingerprint density at radius 2 is 1.59 bits per heavy atom. The van der Waals surface area contributed by atoms with Crippen molar-refractivity contribution in [3.05, 3.63) is 77.9 Å². The zero-order valence-corrected chi connectivity index (χ0v) is 18.8. The average molecular weight is 459 g/mol. The molecule has 1 saturated heterocycles. The molecule has 2 aromatic carbocycles. The number of fused-ring (bicyclic) bond motifs is 5. The number of hydrogen-bond acceptors (Lipinski definition) is 5. The predicted molar refractivity (Wildman–Crippen MR) is 124 cm³/mol. The van der Waals surface area contributed by atoms with E-state index in [4.69, 9.17) is 4.74 Å². The lowest BCUT2D eigenvalue weighted by Gasteiger charge is -2.26. The molecule has 1 saturated carbocycles.